The van der Waals surface area contributed by atoms with Crippen LogP contribution in [0.1, 0.15) is 13.8 Å². The highest BCUT2D eigenvalue weighted by Gasteiger charge is 2.32. The van der Waals surface area contributed by atoms with Crippen LogP contribution in [0.4, 0.5) is 0 Å². The molecule has 0 radical (unpaired) electrons. The van der Waals surface area contributed by atoms with E-state index in [1.165, 1.54) is 0 Å². The van der Waals surface area contributed by atoms with E-state index in [0.717, 1.165) is 11.9 Å². The summed E-state index contributed by atoms with van der Waals surface area (Å²) in [6, 6.07) is 0. The molecule has 1 aliphatic rings. The zero-order valence-corrected chi connectivity index (χ0v) is 9.79. The van der Waals surface area contributed by atoms with E-state index in [4.69, 9.17) is 0 Å². The van der Waals surface area contributed by atoms with Crippen molar-refractivity contribution in [2.45, 2.75) is 26.1 Å². The number of hydrogen-bond acceptors (Lipinski definition) is 3. The van der Waals surface area contributed by atoms with Gasteiger partial charge in [-0.25, -0.2) is 0 Å². The van der Waals surface area contributed by atoms with Crippen LogP contribution in [0.15, 0.2) is 0 Å². The van der Waals surface area contributed by atoms with Gasteiger partial charge in [0.15, 0.2) is 0 Å². The number of β-amino-alcohol motifs (C(OH)–C–C–N with tert-alkyl or cyclic N) is 2. The molecule has 2 N–H and O–H groups in total. The van der Waals surface area contributed by atoms with Crippen LogP contribution in [0.5, 0.6) is 0 Å². The second-order valence-corrected chi connectivity index (χ2v) is 5.19. The van der Waals surface area contributed by atoms with Crippen molar-refractivity contribution in [3.05, 3.63) is 0 Å². The van der Waals surface area contributed by atoms with Gasteiger partial charge in [-0.2, -0.15) is 0 Å². The zero-order chi connectivity index (χ0) is 10.1. The number of aliphatic hydroxyl groups is 2. The van der Waals surface area contributed by atoms with Gasteiger partial charge in [-0.15, -0.1) is 0 Å². The van der Waals surface area contributed by atoms with E-state index in [9.17, 15) is 10.2 Å². The SMILES string of the molecule is CC(C)(CBr)CN1CC(O)C(O)C1. The number of halogens is 1. The Morgan fingerprint density at radius 2 is 1.77 bits per heavy atom. The fourth-order valence-corrected chi connectivity index (χ4v) is 1.80. The Labute approximate surface area is 87.9 Å². The molecule has 0 aromatic heterocycles. The van der Waals surface area contributed by atoms with E-state index in [1.807, 2.05) is 0 Å². The van der Waals surface area contributed by atoms with Crippen LogP contribution in [0, 0.1) is 5.41 Å². The highest BCUT2D eigenvalue weighted by Crippen LogP contribution is 2.22. The lowest BCUT2D eigenvalue weighted by Crippen LogP contribution is -2.34. The Bertz CT molecular complexity index is 165. The smallest absolute Gasteiger partial charge is 0.0938 e. The molecule has 1 heterocycles. The van der Waals surface area contributed by atoms with E-state index < -0.39 is 12.2 Å². The molecule has 1 aliphatic heterocycles. The van der Waals surface area contributed by atoms with Crippen molar-refractivity contribution >= 4 is 15.9 Å². The van der Waals surface area contributed by atoms with Crippen molar-refractivity contribution in [3.63, 3.8) is 0 Å². The van der Waals surface area contributed by atoms with Crippen molar-refractivity contribution < 1.29 is 10.2 Å². The van der Waals surface area contributed by atoms with E-state index >= 15 is 0 Å². The minimum atomic E-state index is -0.564. The Kier molecular flexibility index (Phi) is 3.74. The normalized spacial score (nSPS) is 31.2. The molecule has 3 nitrogen and oxygen atoms in total. The summed E-state index contributed by atoms with van der Waals surface area (Å²) in [5.74, 6) is 0. The quantitative estimate of drug-likeness (QED) is 0.716. The van der Waals surface area contributed by atoms with Gasteiger partial charge in [-0.3, -0.25) is 4.90 Å². The van der Waals surface area contributed by atoms with E-state index in [0.29, 0.717) is 13.1 Å². The number of likely N-dealkylation sites (tertiary alicyclic amines) is 1. The van der Waals surface area contributed by atoms with Gasteiger partial charge in [0.2, 0.25) is 0 Å². The number of rotatable bonds is 3. The van der Waals surface area contributed by atoms with E-state index in [1.54, 1.807) is 0 Å². The largest absolute Gasteiger partial charge is 0.389 e. The van der Waals surface area contributed by atoms with Crippen LogP contribution < -0.4 is 0 Å². The average Bonchev–Trinajstić information content (AvgIpc) is 2.30. The van der Waals surface area contributed by atoms with E-state index in [2.05, 4.69) is 34.7 Å². The summed E-state index contributed by atoms with van der Waals surface area (Å²) < 4.78 is 0. The highest BCUT2D eigenvalue weighted by molar-refractivity contribution is 9.09. The van der Waals surface area contributed by atoms with Crippen molar-refractivity contribution in [2.75, 3.05) is 25.0 Å². The maximum absolute atomic E-state index is 9.33. The predicted octanol–water partition coefficient (Wildman–Crippen LogP) is 0.445. The lowest BCUT2D eigenvalue weighted by atomic mass is 9.96. The summed E-state index contributed by atoms with van der Waals surface area (Å²) in [5, 5.41) is 19.6. The van der Waals surface area contributed by atoms with Crippen molar-refractivity contribution in [3.8, 4) is 0 Å². The van der Waals surface area contributed by atoms with Crippen LogP contribution in [0.3, 0.4) is 0 Å². The second kappa shape index (κ2) is 4.26. The van der Waals surface area contributed by atoms with E-state index in [-0.39, 0.29) is 5.41 Å². The molecular formula is C9H18BrNO2. The molecule has 4 heteroatoms. The van der Waals surface area contributed by atoms with Crippen molar-refractivity contribution in [1.29, 1.82) is 0 Å². The summed E-state index contributed by atoms with van der Waals surface area (Å²) in [6.45, 7) is 6.43. The third kappa shape index (κ3) is 3.20. The molecule has 13 heavy (non-hydrogen) atoms. The third-order valence-corrected chi connectivity index (χ3v) is 3.87. The lowest BCUT2D eigenvalue weighted by Gasteiger charge is -2.27. The summed E-state index contributed by atoms with van der Waals surface area (Å²) in [5.41, 5.74) is 0.198. The first-order chi connectivity index (χ1) is 5.94. The molecule has 1 fully saturated rings. The first kappa shape index (κ1) is 11.4. The van der Waals surface area contributed by atoms with Crippen LogP contribution >= 0.6 is 15.9 Å². The van der Waals surface area contributed by atoms with Gasteiger partial charge < -0.3 is 10.2 Å². The summed E-state index contributed by atoms with van der Waals surface area (Å²) >= 11 is 3.46. The minimum absolute atomic E-state index is 0.198. The third-order valence-electron chi connectivity index (χ3n) is 2.35. The molecule has 1 saturated heterocycles. The molecule has 0 aromatic rings. The number of alkyl halides is 1. The summed E-state index contributed by atoms with van der Waals surface area (Å²) in [4.78, 5) is 2.11. The zero-order valence-electron chi connectivity index (χ0n) is 8.20. The molecule has 0 aromatic carbocycles. The maximum Gasteiger partial charge on any atom is 0.0938 e. The van der Waals surface area contributed by atoms with Crippen molar-refractivity contribution in [2.24, 2.45) is 5.41 Å². The molecule has 2 atom stereocenters. The topological polar surface area (TPSA) is 43.7 Å². The molecule has 2 unspecified atom stereocenters. The Balaban J connectivity index is 2.40. The van der Waals surface area contributed by atoms with Gasteiger partial charge in [0, 0.05) is 25.0 Å². The minimum Gasteiger partial charge on any atom is -0.389 e. The van der Waals surface area contributed by atoms with Gasteiger partial charge in [0.05, 0.1) is 12.2 Å². The lowest BCUT2D eigenvalue weighted by molar-refractivity contribution is 0.0572. The first-order valence-electron chi connectivity index (χ1n) is 4.59. The summed E-state index contributed by atoms with van der Waals surface area (Å²) in [7, 11) is 0. The van der Waals surface area contributed by atoms with Crippen LogP contribution in [-0.2, 0) is 0 Å². The monoisotopic (exact) mass is 251 g/mol. The second-order valence-electron chi connectivity index (χ2n) is 4.63. The van der Waals surface area contributed by atoms with Gasteiger partial charge in [-0.1, -0.05) is 29.8 Å². The average molecular weight is 252 g/mol. The fourth-order valence-electron chi connectivity index (χ4n) is 1.62. The Morgan fingerprint density at radius 3 is 2.15 bits per heavy atom. The number of nitrogens with zero attached hydrogens (tertiary/aromatic N) is 1. The highest BCUT2D eigenvalue weighted by atomic mass is 79.9. The molecule has 0 aliphatic carbocycles. The van der Waals surface area contributed by atoms with Gasteiger partial charge >= 0.3 is 0 Å². The molecule has 0 saturated carbocycles. The van der Waals surface area contributed by atoms with Crippen molar-refractivity contribution in [1.82, 2.24) is 4.90 Å². The molecule has 0 bridgehead atoms. The Morgan fingerprint density at radius 1 is 1.31 bits per heavy atom. The fraction of sp³-hybridized carbons (Fsp3) is 1.00. The van der Waals surface area contributed by atoms with Gasteiger partial charge in [0.25, 0.3) is 0 Å². The standard InChI is InChI=1S/C9H18BrNO2/c1-9(2,5-10)6-11-3-7(12)8(13)4-11/h7-8,12-13H,3-6H2,1-2H3. The van der Waals surface area contributed by atoms with Gasteiger partial charge in [-0.05, 0) is 5.41 Å². The summed E-state index contributed by atoms with van der Waals surface area (Å²) in [6.07, 6.45) is -1.13. The van der Waals surface area contributed by atoms with Crippen LogP contribution in [-0.4, -0.2) is 52.3 Å². The van der Waals surface area contributed by atoms with Crippen LogP contribution in [0.2, 0.25) is 0 Å². The number of hydrogen-bond donors (Lipinski definition) is 2. The number of aliphatic hydroxyl groups excluding tert-OH is 2. The van der Waals surface area contributed by atoms with Crippen LogP contribution in [0.25, 0.3) is 0 Å². The van der Waals surface area contributed by atoms with Gasteiger partial charge in [0.1, 0.15) is 0 Å². The molecule has 1 rings (SSSR count). The molecule has 0 spiro atoms. The predicted molar refractivity (Wildman–Crippen MR) is 56.0 cm³/mol. The maximum atomic E-state index is 9.33. The molecule has 78 valence electrons. The first-order valence-corrected chi connectivity index (χ1v) is 5.71. The molecule has 0 amide bonds. The molecular weight excluding hydrogens is 234 g/mol. The Hall–Kier alpha value is 0.360.